The first-order chi connectivity index (χ1) is 9.56. The van der Waals surface area contributed by atoms with Gasteiger partial charge in [0.25, 0.3) is 5.91 Å². The molecule has 0 radical (unpaired) electrons. The van der Waals surface area contributed by atoms with Gasteiger partial charge in [0.1, 0.15) is 0 Å². The minimum absolute atomic E-state index is 0.0161. The van der Waals surface area contributed by atoms with E-state index in [1.54, 1.807) is 0 Å². The van der Waals surface area contributed by atoms with Gasteiger partial charge in [-0.15, -0.1) is 0 Å². The number of hydrogen-bond donors (Lipinski definition) is 1. The molecule has 0 bridgehead atoms. The Labute approximate surface area is 121 Å². The van der Waals surface area contributed by atoms with E-state index in [-0.39, 0.29) is 30.3 Å². The summed E-state index contributed by atoms with van der Waals surface area (Å²) in [6, 6.07) is 0.460. The molecule has 0 saturated heterocycles. The van der Waals surface area contributed by atoms with Gasteiger partial charge in [0.15, 0.2) is 0 Å². The Morgan fingerprint density at radius 3 is 2.80 bits per heavy atom. The molecule has 2 aliphatic rings. The van der Waals surface area contributed by atoms with Gasteiger partial charge >= 0.3 is 0 Å². The van der Waals surface area contributed by atoms with E-state index >= 15 is 0 Å². The van der Waals surface area contributed by atoms with E-state index in [2.05, 4.69) is 19.2 Å². The first-order valence-corrected chi connectivity index (χ1v) is 7.87. The Hall–Kier alpha value is -1.32. The number of fused-ring (bicyclic) bond motifs is 1. The maximum Gasteiger partial charge on any atom is 0.251 e. The Kier molecular flexibility index (Phi) is 4.84. The minimum atomic E-state index is -0.0161. The summed E-state index contributed by atoms with van der Waals surface area (Å²) in [4.78, 5) is 26.5. The molecule has 2 rings (SSSR count). The second-order valence-corrected chi connectivity index (χ2v) is 6.10. The van der Waals surface area contributed by atoms with Crippen LogP contribution in [0.15, 0.2) is 11.1 Å². The summed E-state index contributed by atoms with van der Waals surface area (Å²) in [5, 5.41) is 2.88. The summed E-state index contributed by atoms with van der Waals surface area (Å²) in [7, 11) is 0. The molecular weight excluding hydrogens is 252 g/mol. The van der Waals surface area contributed by atoms with E-state index in [0.717, 1.165) is 31.3 Å². The van der Waals surface area contributed by atoms with Crippen LogP contribution in [0.4, 0.5) is 0 Å². The molecule has 4 nitrogen and oxygen atoms in total. The molecule has 1 aliphatic heterocycles. The van der Waals surface area contributed by atoms with Crippen LogP contribution >= 0.6 is 0 Å². The SMILES string of the molecule is CCCNC(=O)CC1=C2CCCCC2N(C(C)C)C1=O. The van der Waals surface area contributed by atoms with E-state index in [9.17, 15) is 9.59 Å². The number of amides is 2. The van der Waals surface area contributed by atoms with Crippen LogP contribution in [0.3, 0.4) is 0 Å². The van der Waals surface area contributed by atoms with E-state index in [1.165, 1.54) is 12.0 Å². The molecule has 112 valence electrons. The Morgan fingerprint density at radius 1 is 1.40 bits per heavy atom. The van der Waals surface area contributed by atoms with Crippen molar-refractivity contribution >= 4 is 11.8 Å². The van der Waals surface area contributed by atoms with Gasteiger partial charge in [-0.1, -0.05) is 13.3 Å². The number of carbonyl (C=O) groups excluding carboxylic acids is 2. The zero-order valence-corrected chi connectivity index (χ0v) is 12.9. The van der Waals surface area contributed by atoms with Crippen molar-refractivity contribution in [1.29, 1.82) is 0 Å². The second-order valence-electron chi connectivity index (χ2n) is 6.10. The highest BCUT2D eigenvalue weighted by Crippen LogP contribution is 2.38. The summed E-state index contributed by atoms with van der Waals surface area (Å²) >= 11 is 0. The van der Waals surface area contributed by atoms with Crippen LogP contribution in [0.1, 0.15) is 59.3 Å². The van der Waals surface area contributed by atoms with Gasteiger partial charge in [0.05, 0.1) is 12.5 Å². The number of nitrogens with zero attached hydrogens (tertiary/aromatic N) is 1. The summed E-state index contributed by atoms with van der Waals surface area (Å²) < 4.78 is 0. The molecule has 1 saturated carbocycles. The van der Waals surface area contributed by atoms with E-state index < -0.39 is 0 Å². The van der Waals surface area contributed by atoms with Gasteiger partial charge in [0.2, 0.25) is 5.91 Å². The molecule has 1 fully saturated rings. The lowest BCUT2D eigenvalue weighted by molar-refractivity contribution is -0.130. The molecule has 1 unspecified atom stereocenters. The van der Waals surface area contributed by atoms with Crippen molar-refractivity contribution < 1.29 is 9.59 Å². The van der Waals surface area contributed by atoms with Crippen molar-refractivity contribution in [2.75, 3.05) is 6.54 Å². The fourth-order valence-corrected chi connectivity index (χ4v) is 3.36. The Morgan fingerprint density at radius 2 is 2.15 bits per heavy atom. The first-order valence-electron chi connectivity index (χ1n) is 7.87. The summed E-state index contributed by atoms with van der Waals surface area (Å²) in [6.45, 7) is 6.84. The number of carbonyl (C=O) groups is 2. The molecule has 1 heterocycles. The van der Waals surface area contributed by atoms with Crippen LogP contribution in [0.25, 0.3) is 0 Å². The van der Waals surface area contributed by atoms with Crippen molar-refractivity contribution in [1.82, 2.24) is 10.2 Å². The van der Waals surface area contributed by atoms with Crippen LogP contribution in [0.5, 0.6) is 0 Å². The van der Waals surface area contributed by atoms with Crippen LogP contribution in [0.2, 0.25) is 0 Å². The third-order valence-electron chi connectivity index (χ3n) is 4.26. The molecule has 0 aromatic heterocycles. The quantitative estimate of drug-likeness (QED) is 0.839. The Bertz CT molecular complexity index is 426. The number of nitrogens with one attached hydrogen (secondary N) is 1. The van der Waals surface area contributed by atoms with Crippen LogP contribution in [0, 0.1) is 0 Å². The van der Waals surface area contributed by atoms with E-state index in [1.807, 2.05) is 11.8 Å². The van der Waals surface area contributed by atoms with Gasteiger partial charge < -0.3 is 10.2 Å². The van der Waals surface area contributed by atoms with Crippen molar-refractivity contribution in [2.45, 2.75) is 71.4 Å². The van der Waals surface area contributed by atoms with Gasteiger partial charge in [-0.2, -0.15) is 0 Å². The lowest BCUT2D eigenvalue weighted by Gasteiger charge is -2.33. The zero-order chi connectivity index (χ0) is 14.7. The van der Waals surface area contributed by atoms with Gasteiger partial charge in [-0.05, 0) is 45.1 Å². The van der Waals surface area contributed by atoms with Crippen LogP contribution in [-0.4, -0.2) is 35.3 Å². The van der Waals surface area contributed by atoms with Crippen LogP contribution in [-0.2, 0) is 9.59 Å². The lowest BCUT2D eigenvalue weighted by Crippen LogP contribution is -2.41. The fraction of sp³-hybridized carbons (Fsp3) is 0.750. The predicted octanol–water partition coefficient (Wildman–Crippen LogP) is 2.39. The molecular formula is C16H26N2O2. The summed E-state index contributed by atoms with van der Waals surface area (Å²) in [5.41, 5.74) is 2.01. The van der Waals surface area contributed by atoms with Crippen molar-refractivity contribution in [3.8, 4) is 0 Å². The smallest absolute Gasteiger partial charge is 0.251 e. The molecule has 0 aromatic rings. The highest BCUT2D eigenvalue weighted by atomic mass is 16.2. The average molecular weight is 278 g/mol. The molecule has 0 aromatic carbocycles. The maximum atomic E-state index is 12.6. The highest BCUT2D eigenvalue weighted by Gasteiger charge is 2.41. The molecule has 1 N–H and O–H groups in total. The topological polar surface area (TPSA) is 49.4 Å². The maximum absolute atomic E-state index is 12.6. The predicted molar refractivity (Wildman–Crippen MR) is 79.2 cm³/mol. The second kappa shape index (κ2) is 6.42. The zero-order valence-electron chi connectivity index (χ0n) is 12.9. The van der Waals surface area contributed by atoms with Gasteiger partial charge in [0, 0.05) is 18.2 Å². The van der Waals surface area contributed by atoms with E-state index in [0.29, 0.717) is 6.54 Å². The van der Waals surface area contributed by atoms with Gasteiger partial charge in [-0.25, -0.2) is 0 Å². The van der Waals surface area contributed by atoms with Crippen molar-refractivity contribution in [3.63, 3.8) is 0 Å². The number of rotatable bonds is 5. The molecule has 1 aliphatic carbocycles. The molecule has 20 heavy (non-hydrogen) atoms. The van der Waals surface area contributed by atoms with E-state index in [4.69, 9.17) is 0 Å². The summed E-state index contributed by atoms with van der Waals surface area (Å²) in [5.74, 6) is 0.0752. The van der Waals surface area contributed by atoms with Gasteiger partial charge in [-0.3, -0.25) is 9.59 Å². The first kappa shape index (κ1) is 15.1. The number of hydrogen-bond acceptors (Lipinski definition) is 2. The normalized spacial score (nSPS) is 22.5. The monoisotopic (exact) mass is 278 g/mol. The fourth-order valence-electron chi connectivity index (χ4n) is 3.36. The summed E-state index contributed by atoms with van der Waals surface area (Å²) in [6.07, 6.45) is 5.54. The minimum Gasteiger partial charge on any atom is -0.356 e. The molecule has 0 spiro atoms. The molecule has 2 amide bonds. The average Bonchev–Trinajstić information content (AvgIpc) is 2.69. The van der Waals surface area contributed by atoms with Crippen molar-refractivity contribution in [3.05, 3.63) is 11.1 Å². The largest absolute Gasteiger partial charge is 0.356 e. The Balaban J connectivity index is 2.16. The third-order valence-corrected chi connectivity index (χ3v) is 4.26. The van der Waals surface area contributed by atoms with Crippen molar-refractivity contribution in [2.24, 2.45) is 0 Å². The van der Waals surface area contributed by atoms with Crippen LogP contribution < -0.4 is 5.32 Å². The molecule has 4 heteroatoms. The molecule has 1 atom stereocenters. The standard InChI is InChI=1S/C16H26N2O2/c1-4-9-17-15(19)10-13-12-7-5-6-8-14(12)18(11(2)3)16(13)20/h11,14H,4-10H2,1-3H3,(H,17,19). The lowest BCUT2D eigenvalue weighted by atomic mass is 9.88. The third kappa shape index (κ3) is 2.89. The highest BCUT2D eigenvalue weighted by molar-refractivity contribution is 6.02.